The minimum atomic E-state index is -0.558. The Bertz CT molecular complexity index is 978. The maximum atomic E-state index is 11.7. The second-order valence-corrected chi connectivity index (χ2v) is 9.39. The van der Waals surface area contributed by atoms with E-state index < -0.39 is 5.41 Å². The van der Waals surface area contributed by atoms with E-state index in [1.165, 1.54) is 7.11 Å². The Balaban J connectivity index is 1.94. The molecule has 0 radical (unpaired) electrons. The Morgan fingerprint density at radius 3 is 2.32 bits per heavy atom. The summed E-state index contributed by atoms with van der Waals surface area (Å²) in [4.78, 5) is 11.7. The number of carbonyl (C=O) groups excluding carboxylic acids is 1. The Kier molecular flexibility index (Phi) is 10.4. The normalized spacial score (nSPS) is 13.6. The van der Waals surface area contributed by atoms with Gasteiger partial charge in [0.1, 0.15) is 0 Å². The van der Waals surface area contributed by atoms with E-state index in [0.29, 0.717) is 23.0 Å². The van der Waals surface area contributed by atoms with Gasteiger partial charge in [-0.05, 0) is 66.5 Å². The molecule has 0 saturated carbocycles. The molecular weight excluding hydrogens is 426 g/mol. The number of ether oxygens (including phenoxy) is 3. The molecule has 5 nitrogen and oxygen atoms in total. The van der Waals surface area contributed by atoms with E-state index in [2.05, 4.69) is 32.9 Å². The lowest BCUT2D eigenvalue weighted by atomic mass is 9.69. The number of carbonyl (C=O) groups is 1. The number of unbranched alkanes of at least 4 members (excludes halogenated alkanes) is 1. The molecule has 0 aliphatic rings. The lowest BCUT2D eigenvalue weighted by molar-refractivity contribution is 0.0600. The van der Waals surface area contributed by atoms with Crippen molar-refractivity contribution in [3.63, 3.8) is 0 Å². The summed E-state index contributed by atoms with van der Waals surface area (Å²) in [5, 5.41) is 10.2. The summed E-state index contributed by atoms with van der Waals surface area (Å²) >= 11 is 0. The molecule has 0 saturated heterocycles. The highest BCUT2D eigenvalue weighted by molar-refractivity contribution is 5.89. The molecule has 0 aliphatic heterocycles. The van der Waals surface area contributed by atoms with Gasteiger partial charge in [-0.3, -0.25) is 0 Å². The number of esters is 1. The second-order valence-electron chi connectivity index (χ2n) is 9.39. The monoisotopic (exact) mass is 465 g/mol. The van der Waals surface area contributed by atoms with Gasteiger partial charge in [0.05, 0.1) is 38.4 Å². The quantitative estimate of drug-likeness (QED) is 0.242. The first-order chi connectivity index (χ1) is 16.3. The van der Waals surface area contributed by atoms with Crippen LogP contribution < -0.4 is 9.47 Å². The number of nitriles is 1. The van der Waals surface area contributed by atoms with Crippen LogP contribution in [0.15, 0.2) is 42.5 Å². The Morgan fingerprint density at radius 1 is 0.971 bits per heavy atom. The first kappa shape index (κ1) is 27.2. The summed E-state index contributed by atoms with van der Waals surface area (Å²) < 4.78 is 15.7. The van der Waals surface area contributed by atoms with Crippen molar-refractivity contribution in [1.29, 1.82) is 5.26 Å². The number of methoxy groups -OCH3 is 3. The van der Waals surface area contributed by atoms with Gasteiger partial charge in [0.15, 0.2) is 11.5 Å². The summed E-state index contributed by atoms with van der Waals surface area (Å²) in [6.07, 6.45) is 5.99. The number of rotatable bonds is 13. The molecule has 0 amide bonds. The van der Waals surface area contributed by atoms with Crippen molar-refractivity contribution < 1.29 is 19.0 Å². The van der Waals surface area contributed by atoms with Crippen molar-refractivity contribution in [3.05, 3.63) is 59.2 Å². The standard InChI is InChI=1S/C29H39NO4/c1-21(2)29(20-30,25-15-16-26(32-4)27(19-25)33-5)17-8-7-10-22(3)13-14-23-11-9-12-24(18-23)28(31)34-6/h9,11-12,15-16,18-19,21-22H,7-8,10,13-14,17H2,1-6H3/t22-,29?/m0/s1. The highest BCUT2D eigenvalue weighted by atomic mass is 16.5. The minimum Gasteiger partial charge on any atom is -0.493 e. The fraction of sp³-hybridized carbons (Fsp3) is 0.517. The highest BCUT2D eigenvalue weighted by Crippen LogP contribution is 2.41. The van der Waals surface area contributed by atoms with E-state index in [4.69, 9.17) is 14.2 Å². The molecule has 1 unspecified atom stereocenters. The molecule has 5 heteroatoms. The lowest BCUT2D eigenvalue weighted by Crippen LogP contribution is -2.30. The largest absolute Gasteiger partial charge is 0.493 e. The average molecular weight is 466 g/mol. The molecule has 0 fully saturated rings. The fourth-order valence-electron chi connectivity index (χ4n) is 4.56. The Labute approximate surface area is 205 Å². The first-order valence-corrected chi connectivity index (χ1v) is 12.1. The van der Waals surface area contributed by atoms with Crippen LogP contribution in [0.4, 0.5) is 0 Å². The fourth-order valence-corrected chi connectivity index (χ4v) is 4.56. The van der Waals surface area contributed by atoms with Crippen LogP contribution >= 0.6 is 0 Å². The molecular formula is C29H39NO4. The van der Waals surface area contributed by atoms with Gasteiger partial charge in [-0.15, -0.1) is 0 Å². The van der Waals surface area contributed by atoms with Gasteiger partial charge in [-0.1, -0.05) is 58.2 Å². The summed E-state index contributed by atoms with van der Waals surface area (Å²) in [6, 6.07) is 16.2. The van der Waals surface area contributed by atoms with Gasteiger partial charge in [-0.25, -0.2) is 4.79 Å². The van der Waals surface area contributed by atoms with Crippen LogP contribution in [-0.4, -0.2) is 27.3 Å². The molecule has 0 N–H and O–H groups in total. The number of nitrogens with zero attached hydrogens (tertiary/aromatic N) is 1. The Hall–Kier alpha value is -3.00. The smallest absolute Gasteiger partial charge is 0.337 e. The molecule has 0 spiro atoms. The van der Waals surface area contributed by atoms with Gasteiger partial charge in [0.25, 0.3) is 0 Å². The summed E-state index contributed by atoms with van der Waals surface area (Å²) in [5.74, 6) is 1.78. The van der Waals surface area contributed by atoms with Crippen molar-refractivity contribution in [2.24, 2.45) is 11.8 Å². The molecule has 0 bridgehead atoms. The third kappa shape index (κ3) is 6.76. The van der Waals surface area contributed by atoms with Crippen molar-refractivity contribution in [2.75, 3.05) is 21.3 Å². The van der Waals surface area contributed by atoms with Gasteiger partial charge in [0.2, 0.25) is 0 Å². The van der Waals surface area contributed by atoms with Crippen LogP contribution in [0.5, 0.6) is 11.5 Å². The van der Waals surface area contributed by atoms with E-state index in [1.807, 2.05) is 30.3 Å². The highest BCUT2D eigenvalue weighted by Gasteiger charge is 2.36. The van der Waals surface area contributed by atoms with E-state index in [1.54, 1.807) is 20.3 Å². The van der Waals surface area contributed by atoms with Crippen LogP contribution in [0, 0.1) is 23.2 Å². The zero-order chi connectivity index (χ0) is 25.1. The maximum absolute atomic E-state index is 11.7. The van der Waals surface area contributed by atoms with Gasteiger partial charge in [0, 0.05) is 0 Å². The number of benzene rings is 2. The average Bonchev–Trinajstić information content (AvgIpc) is 2.86. The molecule has 184 valence electrons. The molecule has 0 aromatic heterocycles. The number of hydrogen-bond donors (Lipinski definition) is 0. The third-order valence-electron chi connectivity index (χ3n) is 6.88. The van der Waals surface area contributed by atoms with Crippen LogP contribution in [0.25, 0.3) is 0 Å². The SMILES string of the molecule is COC(=O)c1cccc(CC[C@@H](C)CCCCC(C#N)(c2ccc(OC)c(OC)c2)C(C)C)c1. The molecule has 2 atom stereocenters. The summed E-state index contributed by atoms with van der Waals surface area (Å²) in [5.41, 5.74) is 2.19. The van der Waals surface area contributed by atoms with Gasteiger partial charge < -0.3 is 14.2 Å². The van der Waals surface area contributed by atoms with E-state index in [0.717, 1.165) is 49.7 Å². The molecule has 0 aliphatic carbocycles. The summed E-state index contributed by atoms with van der Waals surface area (Å²) in [6.45, 7) is 6.51. The van der Waals surface area contributed by atoms with Crippen molar-refractivity contribution in [3.8, 4) is 17.6 Å². The lowest BCUT2D eigenvalue weighted by Gasteiger charge is -2.32. The zero-order valence-electron chi connectivity index (χ0n) is 21.5. The van der Waals surface area contributed by atoms with Crippen LogP contribution in [0.1, 0.15) is 74.4 Å². The van der Waals surface area contributed by atoms with Crippen LogP contribution in [0.3, 0.4) is 0 Å². The molecule has 2 aromatic rings. The third-order valence-corrected chi connectivity index (χ3v) is 6.88. The van der Waals surface area contributed by atoms with Crippen LogP contribution in [0.2, 0.25) is 0 Å². The van der Waals surface area contributed by atoms with E-state index in [9.17, 15) is 10.1 Å². The predicted octanol–water partition coefficient (Wildman–Crippen LogP) is 6.74. The molecule has 0 heterocycles. The zero-order valence-corrected chi connectivity index (χ0v) is 21.5. The van der Waals surface area contributed by atoms with Crippen LogP contribution in [-0.2, 0) is 16.6 Å². The van der Waals surface area contributed by atoms with Crippen molar-refractivity contribution >= 4 is 5.97 Å². The Morgan fingerprint density at radius 2 is 1.71 bits per heavy atom. The minimum absolute atomic E-state index is 0.176. The predicted molar refractivity (Wildman–Crippen MR) is 135 cm³/mol. The van der Waals surface area contributed by atoms with Crippen molar-refractivity contribution in [1.82, 2.24) is 0 Å². The van der Waals surface area contributed by atoms with Gasteiger partial charge in [-0.2, -0.15) is 5.26 Å². The van der Waals surface area contributed by atoms with E-state index >= 15 is 0 Å². The molecule has 2 aromatic carbocycles. The van der Waals surface area contributed by atoms with Gasteiger partial charge >= 0.3 is 5.97 Å². The molecule has 2 rings (SSSR count). The number of hydrogen-bond acceptors (Lipinski definition) is 5. The second kappa shape index (κ2) is 13.0. The molecule has 34 heavy (non-hydrogen) atoms. The summed E-state index contributed by atoms with van der Waals surface area (Å²) in [7, 11) is 4.65. The first-order valence-electron chi connectivity index (χ1n) is 12.1. The maximum Gasteiger partial charge on any atom is 0.337 e. The topological polar surface area (TPSA) is 68.6 Å². The number of aryl methyl sites for hydroxylation is 1. The van der Waals surface area contributed by atoms with E-state index in [-0.39, 0.29) is 11.9 Å². The van der Waals surface area contributed by atoms with Crippen molar-refractivity contribution in [2.45, 2.75) is 64.7 Å².